The van der Waals surface area contributed by atoms with Gasteiger partial charge in [-0.2, -0.15) is 0 Å². The van der Waals surface area contributed by atoms with Crippen LogP contribution in [-0.2, 0) is 17.7 Å². The molecule has 3 heterocycles. The predicted molar refractivity (Wildman–Crippen MR) is 160 cm³/mol. The largest absolute Gasteiger partial charge is 0.490 e. The molecule has 0 radical (unpaired) electrons. The van der Waals surface area contributed by atoms with Crippen LogP contribution in [0.1, 0.15) is 11.1 Å². The zero-order valence-electron chi connectivity index (χ0n) is 22.8. The highest BCUT2D eigenvalue weighted by Gasteiger charge is 2.19. The standard InChI is InChI=1S/C32H29FN4O4S/c33-24-8-9-26(28(19-24)40-16-15-39-14-13-35-32(38)41-25-4-2-1-3-5-25)30-31-27(11-17-42-31)29(36-37-30)22-6-7-23-20-34-12-10-21(23)18-22/h1-9,11,17-19,34H,10,12-16,20H2,(H,35,38). The molecule has 42 heavy (non-hydrogen) atoms. The number of nitrogens with zero attached hydrogens (tertiary/aromatic N) is 2. The lowest BCUT2D eigenvalue weighted by Gasteiger charge is -2.18. The number of carbonyl (C=O) groups excluding carboxylic acids is 1. The molecule has 0 atom stereocenters. The minimum atomic E-state index is -0.554. The second kappa shape index (κ2) is 13.1. The van der Waals surface area contributed by atoms with Crippen LogP contribution < -0.4 is 20.1 Å². The fourth-order valence-corrected chi connectivity index (χ4v) is 5.77. The highest BCUT2D eigenvalue weighted by Crippen LogP contribution is 2.39. The van der Waals surface area contributed by atoms with E-state index in [9.17, 15) is 9.18 Å². The minimum Gasteiger partial charge on any atom is -0.490 e. The topological polar surface area (TPSA) is 94.6 Å². The van der Waals surface area contributed by atoms with Crippen molar-refractivity contribution in [2.24, 2.45) is 0 Å². The Morgan fingerprint density at radius 1 is 0.952 bits per heavy atom. The Balaban J connectivity index is 1.09. The van der Waals surface area contributed by atoms with Crippen LogP contribution >= 0.6 is 11.3 Å². The average Bonchev–Trinajstić information content (AvgIpc) is 3.51. The molecule has 214 valence electrons. The molecule has 0 fully saturated rings. The molecule has 6 rings (SSSR count). The van der Waals surface area contributed by atoms with E-state index in [0.29, 0.717) is 22.8 Å². The third-order valence-electron chi connectivity index (χ3n) is 6.91. The molecule has 3 aromatic carbocycles. The number of nitrogens with one attached hydrogen (secondary N) is 2. The summed E-state index contributed by atoms with van der Waals surface area (Å²) in [7, 11) is 0. The van der Waals surface area contributed by atoms with E-state index in [4.69, 9.17) is 14.2 Å². The van der Waals surface area contributed by atoms with Gasteiger partial charge in [-0.15, -0.1) is 21.5 Å². The molecule has 5 aromatic rings. The van der Waals surface area contributed by atoms with Crippen LogP contribution in [0.3, 0.4) is 0 Å². The van der Waals surface area contributed by atoms with Gasteiger partial charge in [-0.05, 0) is 65.9 Å². The molecule has 0 aliphatic carbocycles. The number of carbonyl (C=O) groups is 1. The van der Waals surface area contributed by atoms with Crippen LogP contribution in [0.2, 0.25) is 0 Å². The van der Waals surface area contributed by atoms with Crippen molar-refractivity contribution in [3.8, 4) is 34.0 Å². The van der Waals surface area contributed by atoms with Gasteiger partial charge < -0.3 is 24.8 Å². The zero-order chi connectivity index (χ0) is 28.7. The number of para-hydroxylation sites is 1. The Morgan fingerprint density at radius 3 is 2.74 bits per heavy atom. The van der Waals surface area contributed by atoms with Gasteiger partial charge in [0, 0.05) is 35.7 Å². The van der Waals surface area contributed by atoms with E-state index in [1.54, 1.807) is 41.7 Å². The Kier molecular flexibility index (Phi) is 8.64. The van der Waals surface area contributed by atoms with Crippen LogP contribution in [0, 0.1) is 5.82 Å². The maximum absolute atomic E-state index is 14.2. The maximum atomic E-state index is 14.2. The maximum Gasteiger partial charge on any atom is 0.412 e. The number of halogens is 1. The Hall–Kier alpha value is -4.38. The number of aromatic nitrogens is 2. The molecule has 2 N–H and O–H groups in total. The van der Waals surface area contributed by atoms with Crippen LogP contribution in [0.15, 0.2) is 78.2 Å². The monoisotopic (exact) mass is 584 g/mol. The number of thiophene rings is 1. The molecule has 0 spiro atoms. The predicted octanol–water partition coefficient (Wildman–Crippen LogP) is 5.99. The van der Waals surface area contributed by atoms with E-state index in [0.717, 1.165) is 40.9 Å². The van der Waals surface area contributed by atoms with Crippen molar-refractivity contribution in [2.75, 3.05) is 32.9 Å². The van der Waals surface area contributed by atoms with Crippen molar-refractivity contribution in [1.29, 1.82) is 0 Å². The number of hydrogen-bond acceptors (Lipinski definition) is 8. The number of ether oxygens (including phenoxy) is 3. The van der Waals surface area contributed by atoms with Crippen molar-refractivity contribution in [2.45, 2.75) is 13.0 Å². The van der Waals surface area contributed by atoms with Crippen molar-refractivity contribution in [3.63, 3.8) is 0 Å². The quantitative estimate of drug-likeness (QED) is 0.195. The second-order valence-corrected chi connectivity index (χ2v) is 10.6. The summed E-state index contributed by atoms with van der Waals surface area (Å²) in [6.45, 7) is 2.83. The van der Waals surface area contributed by atoms with Gasteiger partial charge in [0.05, 0.1) is 17.9 Å². The lowest BCUT2D eigenvalue weighted by Crippen LogP contribution is -2.30. The van der Waals surface area contributed by atoms with Crippen LogP contribution in [0.5, 0.6) is 11.5 Å². The molecule has 0 unspecified atom stereocenters. The molecule has 10 heteroatoms. The van der Waals surface area contributed by atoms with E-state index >= 15 is 0 Å². The third kappa shape index (κ3) is 6.41. The van der Waals surface area contributed by atoms with Crippen LogP contribution in [0.4, 0.5) is 9.18 Å². The zero-order valence-corrected chi connectivity index (χ0v) is 23.6. The fourth-order valence-electron chi connectivity index (χ4n) is 4.87. The lowest BCUT2D eigenvalue weighted by atomic mass is 9.96. The average molecular weight is 585 g/mol. The molecule has 1 aliphatic heterocycles. The first-order valence-electron chi connectivity index (χ1n) is 13.7. The van der Waals surface area contributed by atoms with Crippen molar-refractivity contribution in [3.05, 3.63) is 95.1 Å². The summed E-state index contributed by atoms with van der Waals surface area (Å²) in [6.07, 6.45) is 0.431. The van der Waals surface area contributed by atoms with Gasteiger partial charge in [-0.3, -0.25) is 0 Å². The van der Waals surface area contributed by atoms with Gasteiger partial charge in [-0.25, -0.2) is 9.18 Å². The summed E-state index contributed by atoms with van der Waals surface area (Å²) in [6, 6.07) is 21.7. The first kappa shape index (κ1) is 27.8. The number of amides is 1. The van der Waals surface area contributed by atoms with Gasteiger partial charge in [-0.1, -0.05) is 30.3 Å². The van der Waals surface area contributed by atoms with Gasteiger partial charge in [0.1, 0.15) is 35.3 Å². The van der Waals surface area contributed by atoms with Crippen molar-refractivity contribution in [1.82, 2.24) is 20.8 Å². The van der Waals surface area contributed by atoms with E-state index in [-0.39, 0.29) is 26.4 Å². The fraction of sp³-hybridized carbons (Fsp3) is 0.219. The third-order valence-corrected chi connectivity index (χ3v) is 7.83. The van der Waals surface area contributed by atoms with Crippen molar-refractivity contribution < 1.29 is 23.4 Å². The van der Waals surface area contributed by atoms with Crippen LogP contribution in [0.25, 0.3) is 32.6 Å². The van der Waals surface area contributed by atoms with E-state index in [2.05, 4.69) is 45.1 Å². The first-order valence-corrected chi connectivity index (χ1v) is 14.6. The van der Waals surface area contributed by atoms with Gasteiger partial charge in [0.2, 0.25) is 0 Å². The van der Waals surface area contributed by atoms with Gasteiger partial charge in [0.25, 0.3) is 0 Å². The SMILES string of the molecule is O=C(NCCOCCOc1cc(F)ccc1-c1nnc(-c2ccc3c(c2)CCNC3)c2ccsc12)Oc1ccccc1. The smallest absolute Gasteiger partial charge is 0.412 e. The van der Waals surface area contributed by atoms with Gasteiger partial charge >= 0.3 is 6.09 Å². The Morgan fingerprint density at radius 2 is 1.83 bits per heavy atom. The molecule has 0 bridgehead atoms. The Bertz CT molecular complexity index is 1700. The summed E-state index contributed by atoms with van der Waals surface area (Å²) >= 11 is 1.57. The summed E-state index contributed by atoms with van der Waals surface area (Å²) in [5.74, 6) is 0.415. The minimum absolute atomic E-state index is 0.188. The molecule has 1 aliphatic rings. The summed E-state index contributed by atoms with van der Waals surface area (Å²) in [4.78, 5) is 11.9. The molecule has 0 saturated carbocycles. The van der Waals surface area contributed by atoms with E-state index in [1.165, 1.54) is 23.3 Å². The van der Waals surface area contributed by atoms with Crippen molar-refractivity contribution >= 4 is 27.5 Å². The summed E-state index contributed by atoms with van der Waals surface area (Å²) < 4.78 is 31.9. The summed E-state index contributed by atoms with van der Waals surface area (Å²) in [5, 5.41) is 18.3. The van der Waals surface area contributed by atoms with Gasteiger partial charge in [0.15, 0.2) is 0 Å². The number of fused-ring (bicyclic) bond motifs is 2. The molecular formula is C32H29FN4O4S. The number of hydrogen-bond donors (Lipinski definition) is 2. The number of rotatable bonds is 10. The normalized spacial score (nSPS) is 12.6. The highest BCUT2D eigenvalue weighted by atomic mass is 32.1. The van der Waals surface area contributed by atoms with Crippen LogP contribution in [-0.4, -0.2) is 49.2 Å². The molecule has 0 saturated heterocycles. The molecule has 8 nitrogen and oxygen atoms in total. The first-order chi connectivity index (χ1) is 20.7. The van der Waals surface area contributed by atoms with E-state index < -0.39 is 11.9 Å². The molecule has 1 amide bonds. The van der Waals surface area contributed by atoms with E-state index in [1.807, 2.05) is 11.4 Å². The molecular weight excluding hydrogens is 555 g/mol. The number of benzene rings is 3. The lowest BCUT2D eigenvalue weighted by molar-refractivity contribution is 0.101. The Labute approximate surface area is 246 Å². The highest BCUT2D eigenvalue weighted by molar-refractivity contribution is 7.17. The second-order valence-electron chi connectivity index (χ2n) is 9.70. The summed E-state index contributed by atoms with van der Waals surface area (Å²) in [5.41, 5.74) is 5.81. The molecule has 2 aromatic heterocycles.